The number of benzene rings is 2. The van der Waals surface area contributed by atoms with E-state index in [0.717, 1.165) is 10.5 Å². The number of fused-ring (bicyclic) bond motifs is 2. The highest BCUT2D eigenvalue weighted by Gasteiger charge is 2.23. The topological polar surface area (TPSA) is 0 Å². The van der Waals surface area contributed by atoms with E-state index in [4.69, 9.17) is 0 Å². The molecule has 0 bridgehead atoms. The number of thioether (sulfide) groups is 1. The van der Waals surface area contributed by atoms with Gasteiger partial charge in [0.05, 0.1) is 0 Å². The summed E-state index contributed by atoms with van der Waals surface area (Å²) in [5, 5.41) is 0. The van der Waals surface area contributed by atoms with Crippen LogP contribution < -0.4 is 0 Å². The zero-order chi connectivity index (χ0) is 12.7. The number of hydrogen-bond acceptors (Lipinski definition) is 1. The van der Waals surface area contributed by atoms with Crippen molar-refractivity contribution < 1.29 is 8.78 Å². The molecule has 0 radical (unpaired) electrons. The van der Waals surface area contributed by atoms with Gasteiger partial charge >= 0.3 is 0 Å². The molecule has 18 heavy (non-hydrogen) atoms. The first-order chi connectivity index (χ1) is 8.68. The molecule has 0 fully saturated rings. The van der Waals surface area contributed by atoms with Crippen LogP contribution in [-0.2, 0) is 5.75 Å². The lowest BCUT2D eigenvalue weighted by molar-refractivity contribution is 0.500. The van der Waals surface area contributed by atoms with Gasteiger partial charge in [0.25, 0.3) is 0 Å². The van der Waals surface area contributed by atoms with Crippen LogP contribution in [0.15, 0.2) is 41.3 Å². The van der Waals surface area contributed by atoms with Gasteiger partial charge in [-0.2, -0.15) is 0 Å². The van der Waals surface area contributed by atoms with E-state index in [0.29, 0.717) is 11.3 Å². The molecule has 3 rings (SSSR count). The fraction of sp³-hybridized carbons (Fsp3) is 0.200. The second-order valence-electron chi connectivity index (χ2n) is 4.48. The van der Waals surface area contributed by atoms with Gasteiger partial charge in [-0.05, 0) is 23.3 Å². The van der Waals surface area contributed by atoms with Gasteiger partial charge in [0.1, 0.15) is 0 Å². The van der Waals surface area contributed by atoms with Gasteiger partial charge in [-0.25, -0.2) is 8.78 Å². The Morgan fingerprint density at radius 1 is 1.06 bits per heavy atom. The van der Waals surface area contributed by atoms with Crippen molar-refractivity contribution in [2.45, 2.75) is 23.5 Å². The molecule has 0 saturated carbocycles. The number of rotatable bonds is 0. The van der Waals surface area contributed by atoms with Crippen LogP contribution in [0.5, 0.6) is 0 Å². The Kier molecular flexibility index (Phi) is 2.86. The molecule has 92 valence electrons. The quantitative estimate of drug-likeness (QED) is 0.662. The van der Waals surface area contributed by atoms with Gasteiger partial charge in [0.2, 0.25) is 0 Å². The lowest BCUT2D eigenvalue weighted by atomic mass is 9.90. The molecule has 0 saturated heterocycles. The molecule has 1 heterocycles. The maximum absolute atomic E-state index is 13.9. The zero-order valence-corrected chi connectivity index (χ0v) is 10.7. The van der Waals surface area contributed by atoms with Crippen molar-refractivity contribution in [2.75, 3.05) is 0 Å². The summed E-state index contributed by atoms with van der Waals surface area (Å²) in [5.74, 6) is -0.867. The number of hydrogen-bond donors (Lipinski definition) is 0. The van der Waals surface area contributed by atoms with E-state index in [1.807, 2.05) is 25.1 Å². The first kappa shape index (κ1) is 11.7. The number of halogens is 2. The van der Waals surface area contributed by atoms with Crippen molar-refractivity contribution in [3.05, 3.63) is 64.7 Å². The third-order valence-electron chi connectivity index (χ3n) is 3.46. The van der Waals surface area contributed by atoms with Crippen molar-refractivity contribution in [2.24, 2.45) is 0 Å². The van der Waals surface area contributed by atoms with Crippen molar-refractivity contribution >= 4 is 11.8 Å². The standard InChI is InChI=1S/C15H12F2S/c1-9-10-6-7-13(16)15(17)12(10)8-18-14-5-3-2-4-11(9)14/h2-7,9H,8H2,1H3. The maximum Gasteiger partial charge on any atom is 0.163 e. The highest BCUT2D eigenvalue weighted by Crippen LogP contribution is 2.41. The first-order valence-electron chi connectivity index (χ1n) is 5.87. The van der Waals surface area contributed by atoms with Gasteiger partial charge in [-0.1, -0.05) is 31.2 Å². The van der Waals surface area contributed by atoms with Crippen molar-refractivity contribution in [1.29, 1.82) is 0 Å². The van der Waals surface area contributed by atoms with Crippen molar-refractivity contribution in [3.63, 3.8) is 0 Å². The van der Waals surface area contributed by atoms with Crippen LogP contribution in [0, 0.1) is 11.6 Å². The average molecular weight is 262 g/mol. The van der Waals surface area contributed by atoms with E-state index >= 15 is 0 Å². The fourth-order valence-corrected chi connectivity index (χ4v) is 3.63. The van der Waals surface area contributed by atoms with Crippen LogP contribution in [0.25, 0.3) is 0 Å². The summed E-state index contributed by atoms with van der Waals surface area (Å²) in [7, 11) is 0. The highest BCUT2D eigenvalue weighted by molar-refractivity contribution is 7.98. The van der Waals surface area contributed by atoms with Crippen molar-refractivity contribution in [3.8, 4) is 0 Å². The summed E-state index contributed by atoms with van der Waals surface area (Å²) >= 11 is 1.57. The maximum atomic E-state index is 13.9. The third kappa shape index (κ3) is 1.74. The molecule has 3 heteroatoms. The summed E-state index contributed by atoms with van der Waals surface area (Å²) in [6.07, 6.45) is 0. The van der Waals surface area contributed by atoms with Gasteiger partial charge < -0.3 is 0 Å². The molecule has 1 aliphatic rings. The van der Waals surface area contributed by atoms with E-state index in [9.17, 15) is 8.78 Å². The highest BCUT2D eigenvalue weighted by atomic mass is 32.2. The van der Waals surface area contributed by atoms with Crippen LogP contribution >= 0.6 is 11.8 Å². The van der Waals surface area contributed by atoms with Gasteiger partial charge in [-0.3, -0.25) is 0 Å². The molecule has 0 N–H and O–H groups in total. The summed E-state index contributed by atoms with van der Waals surface area (Å²) in [6.45, 7) is 2.04. The van der Waals surface area contributed by atoms with Crippen LogP contribution in [0.1, 0.15) is 29.5 Å². The summed E-state index contributed by atoms with van der Waals surface area (Å²) in [4.78, 5) is 1.15. The Morgan fingerprint density at radius 2 is 1.83 bits per heavy atom. The Morgan fingerprint density at radius 3 is 2.67 bits per heavy atom. The Labute approximate surface area is 109 Å². The smallest absolute Gasteiger partial charge is 0.163 e. The van der Waals surface area contributed by atoms with E-state index in [2.05, 4.69) is 6.07 Å². The predicted molar refractivity (Wildman–Crippen MR) is 69.9 cm³/mol. The normalized spacial score (nSPS) is 17.8. The average Bonchev–Trinajstić information content (AvgIpc) is 2.53. The van der Waals surface area contributed by atoms with E-state index in [1.165, 1.54) is 11.6 Å². The largest absolute Gasteiger partial charge is 0.204 e. The molecule has 1 unspecified atom stereocenters. The molecule has 1 aliphatic heterocycles. The molecule has 0 aromatic heterocycles. The lowest BCUT2D eigenvalue weighted by Gasteiger charge is -2.15. The fourth-order valence-electron chi connectivity index (χ4n) is 2.45. The molecule has 0 spiro atoms. The first-order valence-corrected chi connectivity index (χ1v) is 6.85. The van der Waals surface area contributed by atoms with E-state index < -0.39 is 11.6 Å². The van der Waals surface area contributed by atoms with E-state index in [-0.39, 0.29) is 5.92 Å². The molecular weight excluding hydrogens is 250 g/mol. The van der Waals surface area contributed by atoms with Gasteiger partial charge in [0, 0.05) is 22.1 Å². The molecule has 0 nitrogen and oxygen atoms in total. The molecule has 1 atom stereocenters. The monoisotopic (exact) mass is 262 g/mol. The molecule has 0 aliphatic carbocycles. The van der Waals surface area contributed by atoms with Gasteiger partial charge in [-0.15, -0.1) is 11.8 Å². The lowest BCUT2D eigenvalue weighted by Crippen LogP contribution is -2.02. The van der Waals surface area contributed by atoms with Crippen LogP contribution in [-0.4, -0.2) is 0 Å². The minimum absolute atomic E-state index is 0.0984. The van der Waals surface area contributed by atoms with Crippen LogP contribution in [0.4, 0.5) is 8.78 Å². The van der Waals surface area contributed by atoms with Crippen LogP contribution in [0.2, 0.25) is 0 Å². The Balaban J connectivity index is 2.21. The van der Waals surface area contributed by atoms with Gasteiger partial charge in [0.15, 0.2) is 11.6 Å². The molecule has 2 aromatic carbocycles. The van der Waals surface area contributed by atoms with Crippen molar-refractivity contribution in [1.82, 2.24) is 0 Å². The predicted octanol–water partition coefficient (Wildman–Crippen LogP) is 4.72. The Bertz CT molecular complexity index is 607. The summed E-state index contributed by atoms with van der Waals surface area (Å²) in [6, 6.07) is 11.0. The SMILES string of the molecule is CC1c2ccccc2SCc2c1ccc(F)c2F. The van der Waals surface area contributed by atoms with E-state index in [1.54, 1.807) is 17.8 Å². The minimum Gasteiger partial charge on any atom is -0.204 e. The second kappa shape index (κ2) is 4.39. The second-order valence-corrected chi connectivity index (χ2v) is 5.49. The molecule has 2 aromatic rings. The molecule has 0 amide bonds. The third-order valence-corrected chi connectivity index (χ3v) is 4.57. The summed E-state index contributed by atoms with van der Waals surface area (Å²) < 4.78 is 27.2. The Hall–Kier alpha value is -1.35. The zero-order valence-electron chi connectivity index (χ0n) is 9.91. The summed E-state index contributed by atoms with van der Waals surface area (Å²) in [5.41, 5.74) is 2.59. The molecular formula is C15H12F2S. The minimum atomic E-state index is -0.757. The van der Waals surface area contributed by atoms with Crippen LogP contribution in [0.3, 0.4) is 0 Å².